The van der Waals surface area contributed by atoms with Crippen molar-refractivity contribution >= 4 is 17.8 Å². The molecule has 3 saturated heterocycles. The smallest absolute Gasteiger partial charge is 0.435 e. The standard InChI is InChI=1S/C35H50N2O8/c1-8-29-23(4)14-15-34(44-29)19-27-18-26(43-34)13-12-22(3)16-21(2)10-9-11-25-20-41-31-30(36-45-33(39)37(6)7)24(5)17-28(32(38)42-27)35(25,31)40/h9-12,17,21,23,26-29,31,40H,8,13-16,18-20H2,1-7H3/b10-9+,22-12+,25-11+,36-30-/t21-,23-,26+,27-,28-,29+,31+,34+,35+/m0/s1. The highest BCUT2D eigenvalue weighted by Crippen LogP contribution is 2.47. The second-order valence-corrected chi connectivity index (χ2v) is 13.8. The maximum Gasteiger partial charge on any atom is 0.435 e. The van der Waals surface area contributed by atoms with Crippen LogP contribution in [0.3, 0.4) is 0 Å². The van der Waals surface area contributed by atoms with Gasteiger partial charge < -0.3 is 29.0 Å². The zero-order valence-electron chi connectivity index (χ0n) is 27.8. The predicted molar refractivity (Wildman–Crippen MR) is 169 cm³/mol. The molecule has 0 unspecified atom stereocenters. The number of aliphatic hydroxyl groups is 1. The van der Waals surface area contributed by atoms with Crippen LogP contribution in [0.5, 0.6) is 0 Å². The molecule has 248 valence electrons. The van der Waals surface area contributed by atoms with Crippen LogP contribution >= 0.6 is 0 Å². The summed E-state index contributed by atoms with van der Waals surface area (Å²) in [5, 5.41) is 16.5. The maximum atomic E-state index is 14.2. The molecule has 2 bridgehead atoms. The van der Waals surface area contributed by atoms with Crippen molar-refractivity contribution in [2.24, 2.45) is 22.9 Å². The van der Waals surface area contributed by atoms with Crippen LogP contribution in [0.25, 0.3) is 0 Å². The van der Waals surface area contributed by atoms with Gasteiger partial charge in [0.05, 0.1) is 18.8 Å². The normalized spacial score (nSPS) is 42.8. The zero-order valence-corrected chi connectivity index (χ0v) is 27.8. The van der Waals surface area contributed by atoms with E-state index in [1.54, 1.807) is 27.1 Å². The molecule has 3 fully saturated rings. The van der Waals surface area contributed by atoms with Gasteiger partial charge in [0.25, 0.3) is 0 Å². The summed E-state index contributed by atoms with van der Waals surface area (Å²) < 4.78 is 25.8. The van der Waals surface area contributed by atoms with E-state index in [1.807, 2.05) is 12.2 Å². The molecule has 1 aliphatic carbocycles. The number of fused-ring (bicyclic) bond motifs is 2. The van der Waals surface area contributed by atoms with Gasteiger partial charge in [-0.1, -0.05) is 61.9 Å². The van der Waals surface area contributed by atoms with Crippen LogP contribution in [-0.4, -0.2) is 84.3 Å². The Balaban J connectivity index is 1.53. The van der Waals surface area contributed by atoms with Crippen molar-refractivity contribution in [1.82, 2.24) is 4.90 Å². The minimum Gasteiger partial charge on any atom is -0.462 e. The van der Waals surface area contributed by atoms with Crippen molar-refractivity contribution in [3.05, 3.63) is 47.1 Å². The fourth-order valence-electron chi connectivity index (χ4n) is 7.38. The number of rotatable bonds is 2. The van der Waals surface area contributed by atoms with E-state index in [1.165, 1.54) is 10.5 Å². The zero-order chi connectivity index (χ0) is 32.5. The Kier molecular flexibility index (Phi) is 10.1. The fraction of sp³-hybridized carbons (Fsp3) is 0.686. The number of amides is 1. The molecule has 9 atom stereocenters. The van der Waals surface area contributed by atoms with Crippen LogP contribution in [0.2, 0.25) is 0 Å². The third-order valence-electron chi connectivity index (χ3n) is 9.93. The van der Waals surface area contributed by atoms with Crippen LogP contribution in [-0.2, 0) is 28.6 Å². The number of oxime groups is 1. The van der Waals surface area contributed by atoms with Gasteiger partial charge in [-0.25, -0.2) is 4.79 Å². The third kappa shape index (κ3) is 6.99. The summed E-state index contributed by atoms with van der Waals surface area (Å²) in [6, 6.07) is 0. The predicted octanol–water partition coefficient (Wildman–Crippen LogP) is 5.62. The number of hydrogen-bond donors (Lipinski definition) is 1. The van der Waals surface area contributed by atoms with Gasteiger partial charge in [-0.2, -0.15) is 0 Å². The molecule has 45 heavy (non-hydrogen) atoms. The third-order valence-corrected chi connectivity index (χ3v) is 9.93. The SMILES string of the molecule is CC[C@H]1O[C@]2(CC[C@@H]1C)C[C@@H]1C[C@@H](C/C=C(\C)C[C@@H](C)/C=C/C=C3\CO[C@@H]4/C(=N\OC(=O)N(C)C)C(C)=C[C@@H](C(=O)O1)[C@]34O)O2. The van der Waals surface area contributed by atoms with E-state index in [0.717, 1.165) is 25.7 Å². The van der Waals surface area contributed by atoms with Crippen molar-refractivity contribution < 1.29 is 38.5 Å². The molecule has 1 N–H and O–H groups in total. The summed E-state index contributed by atoms with van der Waals surface area (Å²) in [5.74, 6) is -1.76. The van der Waals surface area contributed by atoms with E-state index in [2.05, 4.69) is 45.0 Å². The minimum absolute atomic E-state index is 0.0738. The molecule has 10 heteroatoms. The highest BCUT2D eigenvalue weighted by molar-refractivity contribution is 6.07. The molecule has 1 spiro atoms. The molecule has 4 aliphatic heterocycles. The number of hydrogen-bond acceptors (Lipinski definition) is 9. The number of esters is 1. The van der Waals surface area contributed by atoms with Crippen molar-refractivity contribution in [2.75, 3.05) is 20.7 Å². The molecule has 0 aromatic carbocycles. The summed E-state index contributed by atoms with van der Waals surface area (Å²) in [5.41, 5.74) is 0.831. The topological polar surface area (TPSA) is 116 Å². The van der Waals surface area contributed by atoms with Crippen molar-refractivity contribution in [1.29, 1.82) is 0 Å². The Bertz CT molecular complexity index is 1300. The molecular formula is C35H50N2O8. The molecule has 5 rings (SSSR count). The molecule has 0 radical (unpaired) electrons. The van der Waals surface area contributed by atoms with Crippen molar-refractivity contribution in [3.63, 3.8) is 0 Å². The maximum absolute atomic E-state index is 14.2. The van der Waals surface area contributed by atoms with Gasteiger partial charge in [-0.05, 0) is 62.5 Å². The van der Waals surface area contributed by atoms with Crippen molar-refractivity contribution in [2.45, 2.75) is 115 Å². The lowest BCUT2D eigenvalue weighted by Crippen LogP contribution is -2.57. The minimum atomic E-state index is -1.78. The summed E-state index contributed by atoms with van der Waals surface area (Å²) in [4.78, 5) is 32.7. The average Bonchev–Trinajstić information content (AvgIpc) is 3.32. The number of nitrogens with zero attached hydrogens (tertiary/aromatic N) is 2. The van der Waals surface area contributed by atoms with E-state index >= 15 is 0 Å². The van der Waals surface area contributed by atoms with Gasteiger partial charge >= 0.3 is 12.1 Å². The Labute approximate surface area is 267 Å². The molecular weight excluding hydrogens is 576 g/mol. The second-order valence-electron chi connectivity index (χ2n) is 13.8. The number of allylic oxidation sites excluding steroid dienone is 4. The molecule has 10 nitrogen and oxygen atoms in total. The first kappa shape index (κ1) is 33.6. The fourth-order valence-corrected chi connectivity index (χ4v) is 7.38. The quantitative estimate of drug-likeness (QED) is 0.182. The van der Waals surface area contributed by atoms with E-state index < -0.39 is 41.6 Å². The number of ether oxygens (including phenoxy) is 4. The van der Waals surface area contributed by atoms with Crippen LogP contribution in [0.1, 0.15) is 79.6 Å². The van der Waals surface area contributed by atoms with E-state index in [4.69, 9.17) is 23.8 Å². The van der Waals surface area contributed by atoms with Gasteiger partial charge in [0.15, 0.2) is 5.79 Å². The van der Waals surface area contributed by atoms with Crippen LogP contribution < -0.4 is 0 Å². The van der Waals surface area contributed by atoms with E-state index in [0.29, 0.717) is 36.3 Å². The molecule has 1 amide bonds. The van der Waals surface area contributed by atoms with Crippen LogP contribution in [0.15, 0.2) is 52.3 Å². The van der Waals surface area contributed by atoms with Gasteiger partial charge in [-0.15, -0.1) is 0 Å². The van der Waals surface area contributed by atoms with Crippen LogP contribution in [0.4, 0.5) is 4.79 Å². The monoisotopic (exact) mass is 626 g/mol. The van der Waals surface area contributed by atoms with Gasteiger partial charge in [-0.3, -0.25) is 9.63 Å². The van der Waals surface area contributed by atoms with E-state index in [9.17, 15) is 14.7 Å². The van der Waals surface area contributed by atoms with Gasteiger partial charge in [0.2, 0.25) is 0 Å². The molecule has 5 aliphatic rings. The largest absolute Gasteiger partial charge is 0.462 e. The van der Waals surface area contributed by atoms with Crippen LogP contribution in [0, 0.1) is 17.8 Å². The van der Waals surface area contributed by atoms with Gasteiger partial charge in [0, 0.05) is 33.4 Å². The van der Waals surface area contributed by atoms with Crippen molar-refractivity contribution in [3.8, 4) is 0 Å². The first-order valence-electron chi connectivity index (χ1n) is 16.4. The lowest BCUT2D eigenvalue weighted by atomic mass is 9.71. The molecule has 0 saturated carbocycles. The molecule has 4 heterocycles. The summed E-state index contributed by atoms with van der Waals surface area (Å²) in [7, 11) is 3.11. The Morgan fingerprint density at radius 2 is 1.98 bits per heavy atom. The second kappa shape index (κ2) is 13.5. The highest BCUT2D eigenvalue weighted by Gasteiger charge is 2.60. The van der Waals surface area contributed by atoms with Gasteiger partial charge in [0.1, 0.15) is 29.4 Å². The first-order valence-corrected chi connectivity index (χ1v) is 16.4. The Morgan fingerprint density at radius 1 is 1.20 bits per heavy atom. The Hall–Kier alpha value is -2.79. The van der Waals surface area contributed by atoms with E-state index in [-0.39, 0.29) is 30.4 Å². The number of carbonyl (C=O) groups excluding carboxylic acids is 2. The first-order chi connectivity index (χ1) is 21.3. The lowest BCUT2D eigenvalue weighted by Gasteiger charge is -2.49. The molecule has 0 aromatic rings. The Morgan fingerprint density at radius 3 is 2.71 bits per heavy atom. The average molecular weight is 627 g/mol. The lowest BCUT2D eigenvalue weighted by molar-refractivity contribution is -0.335. The summed E-state index contributed by atoms with van der Waals surface area (Å²) in [6.45, 7) is 10.5. The summed E-state index contributed by atoms with van der Waals surface area (Å²) in [6.07, 6.45) is 12.6. The number of carbonyl (C=O) groups is 2. The summed E-state index contributed by atoms with van der Waals surface area (Å²) >= 11 is 0. The molecule has 0 aromatic heterocycles. The highest BCUT2D eigenvalue weighted by atomic mass is 16.7.